The highest BCUT2D eigenvalue weighted by Gasteiger charge is 2.09. The Morgan fingerprint density at radius 1 is 0.964 bits per heavy atom. The minimum atomic E-state index is 0. The number of halogens is 1. The van der Waals surface area contributed by atoms with E-state index in [1.54, 1.807) is 0 Å². The number of aromatic nitrogens is 2. The minimum Gasteiger partial charge on any atom is -0.494 e. The molecule has 1 aromatic heterocycles. The summed E-state index contributed by atoms with van der Waals surface area (Å²) in [4.78, 5) is 2.56. The molecule has 0 saturated carbocycles. The van der Waals surface area contributed by atoms with Crippen LogP contribution in [-0.4, -0.2) is 41.3 Å². The first kappa shape index (κ1) is 20.4. The number of para-hydroxylation sites is 1. The van der Waals surface area contributed by atoms with E-state index in [-0.39, 0.29) is 12.4 Å². The molecule has 0 unspecified atom stereocenters. The number of aromatic amines is 1. The van der Waals surface area contributed by atoms with Crippen molar-refractivity contribution in [2.24, 2.45) is 0 Å². The maximum absolute atomic E-state index is 5.89. The predicted molar refractivity (Wildman–Crippen MR) is 119 cm³/mol. The van der Waals surface area contributed by atoms with E-state index in [1.807, 2.05) is 36.4 Å². The Kier molecular flexibility index (Phi) is 7.52. The average Bonchev–Trinajstić information content (AvgIpc) is 3.14. The number of fused-ring (bicyclic) bond motifs is 1. The normalized spacial score (nSPS) is 15.0. The summed E-state index contributed by atoms with van der Waals surface area (Å²) >= 11 is 0. The van der Waals surface area contributed by atoms with Gasteiger partial charge in [-0.2, -0.15) is 5.10 Å². The van der Waals surface area contributed by atoms with Crippen LogP contribution in [0.5, 0.6) is 5.75 Å². The number of likely N-dealkylation sites (tertiary alicyclic amines) is 1. The van der Waals surface area contributed by atoms with Gasteiger partial charge in [0.15, 0.2) is 0 Å². The second-order valence-electron chi connectivity index (χ2n) is 7.16. The van der Waals surface area contributed by atoms with Crippen molar-refractivity contribution in [1.82, 2.24) is 15.1 Å². The third-order valence-corrected chi connectivity index (χ3v) is 5.15. The summed E-state index contributed by atoms with van der Waals surface area (Å²) < 4.78 is 5.89. The molecule has 4 rings (SSSR count). The van der Waals surface area contributed by atoms with Gasteiger partial charge in [-0.15, -0.1) is 12.4 Å². The van der Waals surface area contributed by atoms with E-state index in [0.29, 0.717) is 0 Å². The molecule has 0 aliphatic carbocycles. The molecule has 3 aromatic rings. The molecule has 0 radical (unpaired) electrons. The van der Waals surface area contributed by atoms with Gasteiger partial charge in [0.25, 0.3) is 0 Å². The molecule has 1 saturated heterocycles. The van der Waals surface area contributed by atoms with E-state index in [0.717, 1.165) is 47.5 Å². The zero-order chi connectivity index (χ0) is 18.3. The van der Waals surface area contributed by atoms with Crippen LogP contribution in [0, 0.1) is 0 Å². The van der Waals surface area contributed by atoms with Crippen molar-refractivity contribution >= 4 is 35.5 Å². The van der Waals surface area contributed by atoms with Crippen LogP contribution in [0.15, 0.2) is 48.5 Å². The van der Waals surface area contributed by atoms with Crippen LogP contribution in [0.2, 0.25) is 0 Å². The molecule has 1 fully saturated rings. The summed E-state index contributed by atoms with van der Waals surface area (Å²) in [6.07, 6.45) is 9.32. The molecule has 2 heterocycles. The Morgan fingerprint density at radius 3 is 2.57 bits per heavy atom. The highest BCUT2D eigenvalue weighted by atomic mass is 35.5. The lowest BCUT2D eigenvalue weighted by atomic mass is 10.1. The van der Waals surface area contributed by atoms with Crippen LogP contribution in [0.1, 0.15) is 36.9 Å². The molecule has 0 atom stereocenters. The number of hydrogen-bond acceptors (Lipinski definition) is 3. The molecule has 0 bridgehead atoms. The summed E-state index contributed by atoms with van der Waals surface area (Å²) in [5.74, 6) is 0.941. The van der Waals surface area contributed by atoms with Gasteiger partial charge in [-0.3, -0.25) is 5.10 Å². The largest absolute Gasteiger partial charge is 0.494 e. The number of nitrogens with one attached hydrogen (secondary N) is 1. The maximum Gasteiger partial charge on any atom is 0.119 e. The van der Waals surface area contributed by atoms with Gasteiger partial charge in [-0.1, -0.05) is 42.8 Å². The van der Waals surface area contributed by atoms with Gasteiger partial charge in [0.2, 0.25) is 0 Å². The maximum atomic E-state index is 5.89. The van der Waals surface area contributed by atoms with Gasteiger partial charge in [0.05, 0.1) is 17.8 Å². The molecule has 28 heavy (non-hydrogen) atoms. The molecule has 1 N–H and O–H groups in total. The van der Waals surface area contributed by atoms with E-state index in [9.17, 15) is 0 Å². The van der Waals surface area contributed by atoms with Crippen molar-refractivity contribution in [3.63, 3.8) is 0 Å². The fraction of sp³-hybridized carbons (Fsp3) is 0.348. The van der Waals surface area contributed by atoms with E-state index in [1.165, 1.54) is 32.4 Å². The third kappa shape index (κ3) is 5.37. The first-order valence-corrected chi connectivity index (χ1v) is 9.95. The van der Waals surface area contributed by atoms with Gasteiger partial charge in [-0.05, 0) is 62.2 Å². The summed E-state index contributed by atoms with van der Waals surface area (Å²) in [5.41, 5.74) is 3.16. The molecule has 1 aliphatic heterocycles. The quantitative estimate of drug-likeness (QED) is 0.542. The molecule has 4 nitrogen and oxygen atoms in total. The predicted octanol–water partition coefficient (Wildman–Crippen LogP) is 5.41. The Hall–Kier alpha value is -2.30. The molecule has 0 amide bonds. The van der Waals surface area contributed by atoms with Crippen LogP contribution in [0.3, 0.4) is 0 Å². The average molecular weight is 398 g/mol. The smallest absolute Gasteiger partial charge is 0.119 e. The van der Waals surface area contributed by atoms with Crippen LogP contribution in [0.25, 0.3) is 23.1 Å². The number of rotatable bonds is 7. The van der Waals surface area contributed by atoms with Crippen LogP contribution in [-0.2, 0) is 0 Å². The lowest BCUT2D eigenvalue weighted by Crippen LogP contribution is -2.31. The summed E-state index contributed by atoms with van der Waals surface area (Å²) in [5, 5.41) is 8.58. The van der Waals surface area contributed by atoms with Gasteiger partial charge >= 0.3 is 0 Å². The van der Waals surface area contributed by atoms with Gasteiger partial charge in [0, 0.05) is 11.9 Å². The van der Waals surface area contributed by atoms with E-state index in [4.69, 9.17) is 4.74 Å². The van der Waals surface area contributed by atoms with Crippen molar-refractivity contribution in [3.05, 3.63) is 59.8 Å². The van der Waals surface area contributed by atoms with Crippen LogP contribution < -0.4 is 4.74 Å². The third-order valence-electron chi connectivity index (χ3n) is 5.15. The summed E-state index contributed by atoms with van der Waals surface area (Å²) in [6.45, 7) is 4.45. The molecular formula is C23H28ClN3O. The molecule has 2 aromatic carbocycles. The molecule has 148 valence electrons. The molecular weight excluding hydrogens is 370 g/mol. The Bertz CT molecular complexity index is 882. The number of ether oxygens (including phenoxy) is 1. The van der Waals surface area contributed by atoms with Crippen LogP contribution >= 0.6 is 12.4 Å². The van der Waals surface area contributed by atoms with Gasteiger partial charge in [0.1, 0.15) is 5.75 Å². The lowest BCUT2D eigenvalue weighted by Gasteiger charge is -2.26. The zero-order valence-electron chi connectivity index (χ0n) is 16.1. The van der Waals surface area contributed by atoms with Gasteiger partial charge in [-0.25, -0.2) is 0 Å². The van der Waals surface area contributed by atoms with Crippen molar-refractivity contribution < 1.29 is 4.74 Å². The van der Waals surface area contributed by atoms with E-state index < -0.39 is 0 Å². The number of benzene rings is 2. The topological polar surface area (TPSA) is 41.1 Å². The number of hydrogen-bond donors (Lipinski definition) is 1. The molecule has 0 spiro atoms. The standard InChI is InChI=1S/C23H27N3O.ClH/c1-4-15-26(16-5-1)17-6-18-27-20-12-9-19(10-13-20)11-14-23-21-7-2-3-8-22(21)24-25-23;/h2-3,7-14H,1,4-6,15-18H2,(H,24,25);1H. The Balaban J connectivity index is 0.00000225. The highest BCUT2D eigenvalue weighted by molar-refractivity contribution is 5.89. The summed E-state index contributed by atoms with van der Waals surface area (Å²) in [6, 6.07) is 16.4. The first-order valence-electron chi connectivity index (χ1n) is 9.95. The van der Waals surface area contributed by atoms with Crippen molar-refractivity contribution in [1.29, 1.82) is 0 Å². The fourth-order valence-corrected chi connectivity index (χ4v) is 3.62. The fourth-order valence-electron chi connectivity index (χ4n) is 3.62. The second-order valence-corrected chi connectivity index (χ2v) is 7.16. The Labute approximate surface area is 173 Å². The molecule has 1 aliphatic rings. The van der Waals surface area contributed by atoms with E-state index in [2.05, 4.69) is 39.4 Å². The number of H-pyrrole nitrogens is 1. The van der Waals surface area contributed by atoms with E-state index >= 15 is 0 Å². The Morgan fingerprint density at radius 2 is 1.75 bits per heavy atom. The van der Waals surface area contributed by atoms with Crippen molar-refractivity contribution in [2.45, 2.75) is 25.7 Å². The van der Waals surface area contributed by atoms with Crippen LogP contribution in [0.4, 0.5) is 0 Å². The minimum absolute atomic E-state index is 0. The highest BCUT2D eigenvalue weighted by Crippen LogP contribution is 2.19. The second kappa shape index (κ2) is 10.3. The SMILES string of the molecule is C(=Cc1n[nH]c2ccccc12)c1ccc(OCCCN2CCCCC2)cc1.Cl. The van der Waals surface area contributed by atoms with Gasteiger partial charge < -0.3 is 9.64 Å². The van der Waals surface area contributed by atoms with Crippen molar-refractivity contribution in [3.8, 4) is 5.75 Å². The number of nitrogens with zero attached hydrogens (tertiary/aromatic N) is 2. The number of piperidine rings is 1. The monoisotopic (exact) mass is 397 g/mol. The zero-order valence-corrected chi connectivity index (χ0v) is 17.0. The lowest BCUT2D eigenvalue weighted by molar-refractivity contribution is 0.205. The summed E-state index contributed by atoms with van der Waals surface area (Å²) in [7, 11) is 0. The first-order chi connectivity index (χ1) is 13.4. The molecule has 5 heteroatoms. The van der Waals surface area contributed by atoms with Crippen molar-refractivity contribution in [2.75, 3.05) is 26.2 Å².